The van der Waals surface area contributed by atoms with Gasteiger partial charge in [0.1, 0.15) is 11.6 Å². The minimum Gasteiger partial charge on any atom is -0.299 e. The molecule has 0 atom stereocenters. The molecule has 0 fully saturated rings. The zero-order valence-electron chi connectivity index (χ0n) is 26.8. The number of ketones is 2. The molecule has 2 heteroatoms. The van der Waals surface area contributed by atoms with Crippen LogP contribution < -0.4 is 0 Å². The van der Waals surface area contributed by atoms with Crippen LogP contribution in [0.25, 0.3) is 0 Å². The van der Waals surface area contributed by atoms with E-state index in [0.717, 1.165) is 38.5 Å². The molecule has 0 heterocycles. The molecule has 0 aromatic carbocycles. The van der Waals surface area contributed by atoms with Crippen LogP contribution in [0.3, 0.4) is 0 Å². The summed E-state index contributed by atoms with van der Waals surface area (Å²) in [7, 11) is 0. The van der Waals surface area contributed by atoms with E-state index < -0.39 is 0 Å². The lowest BCUT2D eigenvalue weighted by molar-refractivity contribution is -0.127. The lowest BCUT2D eigenvalue weighted by atomic mass is 10.0. The molecule has 0 aliphatic heterocycles. The van der Waals surface area contributed by atoms with Gasteiger partial charge in [0.25, 0.3) is 0 Å². The highest BCUT2D eigenvalue weighted by atomic mass is 16.1. The lowest BCUT2D eigenvalue weighted by Crippen LogP contribution is -2.07. The number of rotatable bonds is 31. The molecule has 230 valence electrons. The maximum absolute atomic E-state index is 12.1. The van der Waals surface area contributed by atoms with Crippen LogP contribution in [-0.2, 0) is 9.59 Å². The van der Waals surface area contributed by atoms with Crippen LogP contribution in [0.4, 0.5) is 0 Å². The van der Waals surface area contributed by atoms with Gasteiger partial charge >= 0.3 is 0 Å². The predicted molar refractivity (Wildman–Crippen MR) is 178 cm³/mol. The Balaban J connectivity index is 3.48. The van der Waals surface area contributed by atoms with E-state index >= 15 is 0 Å². The molecule has 0 aliphatic rings. The zero-order chi connectivity index (χ0) is 29.2. The van der Waals surface area contributed by atoms with E-state index in [1.165, 1.54) is 109 Å². The van der Waals surface area contributed by atoms with Crippen molar-refractivity contribution in [2.24, 2.45) is 0 Å². The third kappa shape index (κ3) is 32.5. The first-order chi connectivity index (χ1) is 19.7. The Bertz CT molecular complexity index is 667. The van der Waals surface area contributed by atoms with E-state index in [9.17, 15) is 9.59 Å². The van der Waals surface area contributed by atoms with E-state index in [-0.39, 0.29) is 18.0 Å². The third-order valence-corrected chi connectivity index (χ3v) is 7.50. The summed E-state index contributed by atoms with van der Waals surface area (Å²) >= 11 is 0. The van der Waals surface area contributed by atoms with E-state index in [1.54, 1.807) is 0 Å². The number of carbonyl (C=O) groups is 2. The van der Waals surface area contributed by atoms with Crippen molar-refractivity contribution in [1.29, 1.82) is 0 Å². The van der Waals surface area contributed by atoms with Gasteiger partial charge < -0.3 is 0 Å². The summed E-state index contributed by atoms with van der Waals surface area (Å²) in [4.78, 5) is 24.2. The SMILES string of the molecule is CCCCC/C=C\C/C=C\C/C=C\C/C=C\CCC(=O)CC(=O)CCCCCCCCCCCCCCCCC. The van der Waals surface area contributed by atoms with Gasteiger partial charge in [-0.25, -0.2) is 0 Å². The van der Waals surface area contributed by atoms with Gasteiger partial charge in [-0.1, -0.05) is 165 Å². The molecule has 0 bridgehead atoms. The van der Waals surface area contributed by atoms with Crippen LogP contribution in [0.1, 0.15) is 181 Å². The molecule has 0 unspecified atom stereocenters. The smallest absolute Gasteiger partial charge is 0.140 e. The summed E-state index contributed by atoms with van der Waals surface area (Å²) in [5, 5.41) is 0. The summed E-state index contributed by atoms with van der Waals surface area (Å²) in [6.07, 6.45) is 47.4. The van der Waals surface area contributed by atoms with Crippen LogP contribution in [0.5, 0.6) is 0 Å². The molecule has 0 spiro atoms. The molecule has 0 saturated heterocycles. The number of hydrogen-bond donors (Lipinski definition) is 0. The van der Waals surface area contributed by atoms with Crippen molar-refractivity contribution in [1.82, 2.24) is 0 Å². The Hall–Kier alpha value is -1.70. The van der Waals surface area contributed by atoms with Crippen molar-refractivity contribution in [3.05, 3.63) is 48.6 Å². The molecule has 0 amide bonds. The summed E-state index contributed by atoms with van der Waals surface area (Å²) in [5.41, 5.74) is 0. The van der Waals surface area contributed by atoms with E-state index in [1.807, 2.05) is 0 Å². The minimum atomic E-state index is 0.0932. The standard InChI is InChI=1S/C38H66O2/c1-3-5-7-9-11-13-15-17-19-21-23-25-27-29-31-33-35-38(40)36-37(39)34-32-30-28-26-24-22-20-18-16-14-12-10-8-6-4-2/h11,13,17,19,23,25,29,31H,3-10,12,14-16,18,20-22,24,26-28,30,32-36H2,1-2H3/b13-11-,19-17-,25-23-,31-29-. The van der Waals surface area contributed by atoms with Gasteiger partial charge in [0, 0.05) is 12.8 Å². The average molecular weight is 555 g/mol. The predicted octanol–water partition coefficient (Wildman–Crippen LogP) is 12.5. The highest BCUT2D eigenvalue weighted by Gasteiger charge is 2.08. The van der Waals surface area contributed by atoms with Crippen molar-refractivity contribution >= 4 is 11.6 Å². The molecule has 0 N–H and O–H groups in total. The normalized spacial score (nSPS) is 12.2. The second kappa shape index (κ2) is 33.5. The second-order valence-electron chi connectivity index (χ2n) is 11.6. The quantitative estimate of drug-likeness (QED) is 0.0485. The fourth-order valence-corrected chi connectivity index (χ4v) is 4.90. The summed E-state index contributed by atoms with van der Waals surface area (Å²) < 4.78 is 0. The first-order valence-corrected chi connectivity index (χ1v) is 17.3. The number of Topliss-reactive ketones (excluding diaryl/α,β-unsaturated/α-hetero) is 2. The number of allylic oxidation sites excluding steroid dienone is 8. The molecule has 0 rings (SSSR count). The number of hydrogen-bond acceptors (Lipinski definition) is 2. The Labute approximate surface area is 250 Å². The largest absolute Gasteiger partial charge is 0.299 e. The maximum Gasteiger partial charge on any atom is 0.140 e. The molecule has 0 saturated carbocycles. The maximum atomic E-state index is 12.1. The summed E-state index contributed by atoms with van der Waals surface area (Å²) in [6, 6.07) is 0. The molecular weight excluding hydrogens is 488 g/mol. The van der Waals surface area contributed by atoms with Crippen LogP contribution in [-0.4, -0.2) is 11.6 Å². The first kappa shape index (κ1) is 38.3. The molecule has 2 nitrogen and oxygen atoms in total. The molecule has 0 radical (unpaired) electrons. The highest BCUT2D eigenvalue weighted by molar-refractivity contribution is 5.99. The fraction of sp³-hybridized carbons (Fsp3) is 0.737. The fourth-order valence-electron chi connectivity index (χ4n) is 4.90. The van der Waals surface area contributed by atoms with Gasteiger partial charge in [-0.2, -0.15) is 0 Å². The topological polar surface area (TPSA) is 34.1 Å². The number of unbranched alkanes of at least 4 members (excludes halogenated alkanes) is 17. The van der Waals surface area contributed by atoms with Crippen LogP contribution in [0.15, 0.2) is 48.6 Å². The first-order valence-electron chi connectivity index (χ1n) is 17.3. The zero-order valence-corrected chi connectivity index (χ0v) is 26.8. The average Bonchev–Trinajstić information content (AvgIpc) is 2.94. The minimum absolute atomic E-state index is 0.0932. The Morgan fingerprint density at radius 2 is 0.725 bits per heavy atom. The highest BCUT2D eigenvalue weighted by Crippen LogP contribution is 2.14. The van der Waals surface area contributed by atoms with Crippen LogP contribution >= 0.6 is 0 Å². The van der Waals surface area contributed by atoms with Crippen molar-refractivity contribution in [2.75, 3.05) is 0 Å². The van der Waals surface area contributed by atoms with E-state index in [0.29, 0.717) is 12.8 Å². The van der Waals surface area contributed by atoms with Gasteiger partial charge in [0.15, 0.2) is 0 Å². The van der Waals surface area contributed by atoms with Crippen molar-refractivity contribution in [3.8, 4) is 0 Å². The summed E-state index contributed by atoms with van der Waals surface area (Å²) in [5.74, 6) is 0.224. The van der Waals surface area contributed by atoms with Crippen molar-refractivity contribution < 1.29 is 9.59 Å². The van der Waals surface area contributed by atoms with Gasteiger partial charge in [0.2, 0.25) is 0 Å². The van der Waals surface area contributed by atoms with Crippen LogP contribution in [0, 0.1) is 0 Å². The van der Waals surface area contributed by atoms with E-state index in [2.05, 4.69) is 62.5 Å². The van der Waals surface area contributed by atoms with Gasteiger partial charge in [-0.05, 0) is 44.9 Å². The Morgan fingerprint density at radius 1 is 0.375 bits per heavy atom. The monoisotopic (exact) mass is 555 g/mol. The van der Waals surface area contributed by atoms with Crippen molar-refractivity contribution in [2.45, 2.75) is 181 Å². The van der Waals surface area contributed by atoms with Gasteiger partial charge in [0.05, 0.1) is 6.42 Å². The Kier molecular flexibility index (Phi) is 32.1. The molecule has 0 aromatic heterocycles. The summed E-state index contributed by atoms with van der Waals surface area (Å²) in [6.45, 7) is 4.52. The Morgan fingerprint density at radius 3 is 1.20 bits per heavy atom. The lowest BCUT2D eigenvalue weighted by Gasteiger charge is -2.03. The van der Waals surface area contributed by atoms with Gasteiger partial charge in [-0.3, -0.25) is 9.59 Å². The van der Waals surface area contributed by atoms with Gasteiger partial charge in [-0.15, -0.1) is 0 Å². The molecular formula is C38H66O2. The van der Waals surface area contributed by atoms with Crippen molar-refractivity contribution in [3.63, 3.8) is 0 Å². The molecule has 0 aliphatic carbocycles. The third-order valence-electron chi connectivity index (χ3n) is 7.50. The van der Waals surface area contributed by atoms with Crippen LogP contribution in [0.2, 0.25) is 0 Å². The number of carbonyl (C=O) groups excluding carboxylic acids is 2. The molecule has 0 aromatic rings. The van der Waals surface area contributed by atoms with E-state index in [4.69, 9.17) is 0 Å². The molecule has 40 heavy (non-hydrogen) atoms. The second-order valence-corrected chi connectivity index (χ2v) is 11.6.